The number of rotatable bonds is 4. The van der Waals surface area contributed by atoms with Crippen LogP contribution in [-0.4, -0.2) is 25.1 Å². The molecular weight excluding hydrogens is 300 g/mol. The van der Waals surface area contributed by atoms with Crippen LogP contribution in [-0.2, 0) is 0 Å². The smallest absolute Gasteiger partial charge is 0.257 e. The topological polar surface area (TPSA) is 60.5 Å². The Morgan fingerprint density at radius 3 is 2.41 bits per heavy atom. The maximum Gasteiger partial charge on any atom is 0.257 e. The minimum atomic E-state index is -0.197. The Labute approximate surface area is 131 Å². The van der Waals surface area contributed by atoms with Gasteiger partial charge in [0.05, 0.1) is 14.2 Å². The zero-order valence-corrected chi connectivity index (χ0v) is 12.9. The molecule has 0 radical (unpaired) electrons. The SMILES string of the molecule is COc1ccc(OC)c2sc(NC(=O)c3ccccc3)nc12. The van der Waals surface area contributed by atoms with Crippen LogP contribution in [0.4, 0.5) is 5.13 Å². The van der Waals surface area contributed by atoms with Gasteiger partial charge in [0.2, 0.25) is 0 Å². The molecule has 0 spiro atoms. The molecule has 22 heavy (non-hydrogen) atoms. The monoisotopic (exact) mass is 314 g/mol. The van der Waals surface area contributed by atoms with Gasteiger partial charge in [-0.05, 0) is 24.3 Å². The van der Waals surface area contributed by atoms with Crippen molar-refractivity contribution >= 4 is 32.6 Å². The summed E-state index contributed by atoms with van der Waals surface area (Å²) >= 11 is 1.35. The highest BCUT2D eigenvalue weighted by Crippen LogP contribution is 2.38. The van der Waals surface area contributed by atoms with E-state index >= 15 is 0 Å². The maximum atomic E-state index is 12.2. The third kappa shape index (κ3) is 2.60. The first-order valence-corrected chi connectivity index (χ1v) is 7.42. The lowest BCUT2D eigenvalue weighted by atomic mass is 10.2. The summed E-state index contributed by atoms with van der Waals surface area (Å²) in [5.74, 6) is 1.15. The molecule has 0 aliphatic carbocycles. The van der Waals surface area contributed by atoms with Crippen LogP contribution in [0.2, 0.25) is 0 Å². The summed E-state index contributed by atoms with van der Waals surface area (Å²) in [5, 5.41) is 3.31. The Hall–Kier alpha value is -2.60. The molecule has 5 nitrogen and oxygen atoms in total. The molecule has 6 heteroatoms. The van der Waals surface area contributed by atoms with Gasteiger partial charge in [0.25, 0.3) is 5.91 Å². The number of nitrogens with one attached hydrogen (secondary N) is 1. The largest absolute Gasteiger partial charge is 0.495 e. The molecule has 3 rings (SSSR count). The second kappa shape index (κ2) is 6.03. The first kappa shape index (κ1) is 14.3. The lowest BCUT2D eigenvalue weighted by Crippen LogP contribution is -2.11. The van der Waals surface area contributed by atoms with E-state index in [0.29, 0.717) is 27.7 Å². The molecule has 1 N–H and O–H groups in total. The molecule has 0 aliphatic heterocycles. The van der Waals surface area contributed by atoms with Crippen molar-refractivity contribution in [3.8, 4) is 11.5 Å². The fourth-order valence-corrected chi connectivity index (χ4v) is 3.07. The Bertz CT molecular complexity index is 774. The number of amides is 1. The third-order valence-electron chi connectivity index (χ3n) is 3.17. The molecule has 1 amide bonds. The summed E-state index contributed by atoms with van der Waals surface area (Å²) in [5.41, 5.74) is 1.26. The molecule has 0 bridgehead atoms. The average Bonchev–Trinajstić information content (AvgIpc) is 2.98. The average molecular weight is 314 g/mol. The van der Waals surface area contributed by atoms with Crippen molar-refractivity contribution in [3.05, 3.63) is 48.0 Å². The van der Waals surface area contributed by atoms with Gasteiger partial charge in [-0.15, -0.1) is 0 Å². The molecule has 0 unspecified atom stereocenters. The van der Waals surface area contributed by atoms with Crippen molar-refractivity contribution in [2.24, 2.45) is 0 Å². The molecule has 3 aromatic rings. The zero-order chi connectivity index (χ0) is 15.5. The van der Waals surface area contributed by atoms with Crippen molar-refractivity contribution in [1.29, 1.82) is 0 Å². The lowest BCUT2D eigenvalue weighted by molar-refractivity contribution is 0.102. The van der Waals surface area contributed by atoms with E-state index in [1.54, 1.807) is 32.4 Å². The highest BCUT2D eigenvalue weighted by molar-refractivity contribution is 7.22. The van der Waals surface area contributed by atoms with E-state index in [9.17, 15) is 4.79 Å². The quantitative estimate of drug-likeness (QED) is 0.800. The van der Waals surface area contributed by atoms with E-state index in [2.05, 4.69) is 10.3 Å². The molecule has 0 atom stereocenters. The summed E-state index contributed by atoms with van der Waals surface area (Å²) in [7, 11) is 3.19. The predicted molar refractivity (Wildman–Crippen MR) is 87.1 cm³/mol. The summed E-state index contributed by atoms with van der Waals surface area (Å²) in [6.45, 7) is 0. The van der Waals surface area contributed by atoms with Gasteiger partial charge in [0, 0.05) is 5.56 Å². The number of methoxy groups -OCH3 is 2. The minimum Gasteiger partial charge on any atom is -0.495 e. The summed E-state index contributed by atoms with van der Waals surface area (Å²) < 4.78 is 11.5. The van der Waals surface area contributed by atoms with Gasteiger partial charge in [-0.25, -0.2) is 4.98 Å². The van der Waals surface area contributed by atoms with Gasteiger partial charge >= 0.3 is 0 Å². The van der Waals surface area contributed by atoms with E-state index in [-0.39, 0.29) is 5.91 Å². The van der Waals surface area contributed by atoms with Gasteiger partial charge in [-0.2, -0.15) is 0 Å². The van der Waals surface area contributed by atoms with Gasteiger partial charge in [-0.1, -0.05) is 29.5 Å². The predicted octanol–water partition coefficient (Wildman–Crippen LogP) is 3.57. The summed E-state index contributed by atoms with van der Waals surface area (Å²) in [4.78, 5) is 16.6. The summed E-state index contributed by atoms with van der Waals surface area (Å²) in [6, 6.07) is 12.6. The number of carbonyl (C=O) groups is 1. The number of anilines is 1. The van der Waals surface area contributed by atoms with E-state index in [1.807, 2.05) is 24.3 Å². The van der Waals surface area contributed by atoms with Crippen LogP contribution >= 0.6 is 11.3 Å². The van der Waals surface area contributed by atoms with Gasteiger partial charge in [0.15, 0.2) is 5.13 Å². The van der Waals surface area contributed by atoms with Crippen LogP contribution in [0.1, 0.15) is 10.4 Å². The number of nitrogens with zero attached hydrogens (tertiary/aromatic N) is 1. The van der Waals surface area contributed by atoms with E-state index in [0.717, 1.165) is 4.70 Å². The summed E-state index contributed by atoms with van der Waals surface area (Å²) in [6.07, 6.45) is 0. The maximum absolute atomic E-state index is 12.2. The molecule has 1 heterocycles. The van der Waals surface area contributed by atoms with Crippen LogP contribution in [0, 0.1) is 0 Å². The Morgan fingerprint density at radius 2 is 1.73 bits per heavy atom. The second-order valence-corrected chi connectivity index (χ2v) is 5.49. The molecule has 1 aromatic heterocycles. The number of thiazole rings is 1. The van der Waals surface area contributed by atoms with E-state index in [1.165, 1.54) is 11.3 Å². The molecule has 2 aromatic carbocycles. The number of aromatic nitrogens is 1. The highest BCUT2D eigenvalue weighted by atomic mass is 32.1. The molecule has 0 fully saturated rings. The van der Waals surface area contributed by atoms with E-state index < -0.39 is 0 Å². The van der Waals surface area contributed by atoms with Crippen molar-refractivity contribution in [2.45, 2.75) is 0 Å². The van der Waals surface area contributed by atoms with Crippen molar-refractivity contribution in [3.63, 3.8) is 0 Å². The number of carbonyl (C=O) groups excluding carboxylic acids is 1. The Balaban J connectivity index is 1.97. The Morgan fingerprint density at radius 1 is 1.05 bits per heavy atom. The zero-order valence-electron chi connectivity index (χ0n) is 12.1. The first-order valence-electron chi connectivity index (χ1n) is 6.61. The van der Waals surface area contributed by atoms with Crippen LogP contribution in [0.15, 0.2) is 42.5 Å². The van der Waals surface area contributed by atoms with E-state index in [4.69, 9.17) is 9.47 Å². The Kier molecular flexibility index (Phi) is 3.93. The van der Waals surface area contributed by atoms with Crippen molar-refractivity contribution in [1.82, 2.24) is 4.98 Å². The number of hydrogen-bond donors (Lipinski definition) is 1. The minimum absolute atomic E-state index is 0.197. The van der Waals surface area contributed by atoms with Crippen molar-refractivity contribution in [2.75, 3.05) is 19.5 Å². The molecule has 112 valence electrons. The number of hydrogen-bond acceptors (Lipinski definition) is 5. The van der Waals surface area contributed by atoms with Crippen LogP contribution in [0.5, 0.6) is 11.5 Å². The number of fused-ring (bicyclic) bond motifs is 1. The third-order valence-corrected chi connectivity index (χ3v) is 4.15. The molecule has 0 aliphatic rings. The highest BCUT2D eigenvalue weighted by Gasteiger charge is 2.15. The number of ether oxygens (including phenoxy) is 2. The first-order chi connectivity index (χ1) is 10.7. The number of benzene rings is 2. The molecule has 0 saturated heterocycles. The van der Waals surface area contributed by atoms with Gasteiger partial charge < -0.3 is 9.47 Å². The van der Waals surface area contributed by atoms with Crippen LogP contribution in [0.25, 0.3) is 10.2 Å². The van der Waals surface area contributed by atoms with Crippen LogP contribution in [0.3, 0.4) is 0 Å². The fraction of sp³-hybridized carbons (Fsp3) is 0.125. The van der Waals surface area contributed by atoms with Gasteiger partial charge in [0.1, 0.15) is 21.7 Å². The fourth-order valence-electron chi connectivity index (χ4n) is 2.10. The normalized spacial score (nSPS) is 10.5. The van der Waals surface area contributed by atoms with Crippen LogP contribution < -0.4 is 14.8 Å². The second-order valence-electron chi connectivity index (χ2n) is 4.49. The standard InChI is InChI=1S/C16H14N2O3S/c1-20-11-8-9-12(21-2)14-13(11)17-16(22-14)18-15(19)10-6-4-3-5-7-10/h3-9H,1-2H3,(H,17,18,19). The molecule has 0 saturated carbocycles. The van der Waals surface area contributed by atoms with Crippen molar-refractivity contribution < 1.29 is 14.3 Å². The molecular formula is C16H14N2O3S. The van der Waals surface area contributed by atoms with Gasteiger partial charge in [-0.3, -0.25) is 10.1 Å². The lowest BCUT2D eigenvalue weighted by Gasteiger charge is -2.03.